The molecule has 5 heterocycles. The molecular weight excluding hydrogens is 775 g/mol. The van der Waals surface area contributed by atoms with Crippen LogP contribution >= 0.6 is 0 Å². The second-order valence-electron chi connectivity index (χ2n) is 14.6. The number of tetrazole rings is 1. The Morgan fingerprint density at radius 2 is 1.67 bits per heavy atom. The molecule has 0 radical (unpaired) electrons. The Balaban J connectivity index is 0.674. The van der Waals surface area contributed by atoms with Crippen LogP contribution in [0.2, 0.25) is 0 Å². The monoisotopic (exact) mass is 819 g/mol. The maximum absolute atomic E-state index is 13.3. The largest absolute Gasteiger partial charge is 0.490 e. The third kappa shape index (κ3) is 9.05. The van der Waals surface area contributed by atoms with Crippen molar-refractivity contribution < 1.29 is 42.6 Å². The Kier molecular flexibility index (Phi) is 12.5. The fraction of sp³-hybridized carbons (Fsp3) is 0.381. The molecule has 18 nitrogen and oxygen atoms in total. The van der Waals surface area contributed by atoms with Crippen LogP contribution in [0.4, 0.5) is 5.69 Å². The van der Waals surface area contributed by atoms with Crippen molar-refractivity contribution in [2.75, 3.05) is 64.6 Å². The fourth-order valence-corrected chi connectivity index (χ4v) is 7.56. The number of H-pyrrole nitrogens is 1. The van der Waals surface area contributed by atoms with E-state index in [0.29, 0.717) is 119 Å². The van der Waals surface area contributed by atoms with Crippen molar-refractivity contribution in [3.05, 3.63) is 84.1 Å². The van der Waals surface area contributed by atoms with Gasteiger partial charge in [0.2, 0.25) is 17.6 Å². The van der Waals surface area contributed by atoms with Crippen molar-refractivity contribution in [3.63, 3.8) is 0 Å². The van der Waals surface area contributed by atoms with Crippen molar-refractivity contribution >= 4 is 40.2 Å². The number of likely N-dealkylation sites (tertiary alicyclic amines) is 1. The normalized spacial score (nSPS) is 17.0. The van der Waals surface area contributed by atoms with E-state index < -0.39 is 23.8 Å². The number of imide groups is 1. The predicted octanol–water partition coefficient (Wildman–Crippen LogP) is 3.99. The lowest BCUT2D eigenvalue weighted by Crippen LogP contribution is -2.51. The Bertz CT molecular complexity index is 2360. The van der Waals surface area contributed by atoms with Gasteiger partial charge in [0.25, 0.3) is 11.8 Å². The van der Waals surface area contributed by atoms with Gasteiger partial charge in [-0.2, -0.15) is 5.21 Å². The Morgan fingerprint density at radius 3 is 2.45 bits per heavy atom. The van der Waals surface area contributed by atoms with Crippen LogP contribution in [0.5, 0.6) is 5.75 Å². The number of rotatable bonds is 18. The Morgan fingerprint density at radius 1 is 0.883 bits per heavy atom. The third-order valence-corrected chi connectivity index (χ3v) is 10.6. The molecular formula is C42H45N9O9. The number of nitrogens with zero attached hydrogens (tertiary/aromatic N) is 6. The van der Waals surface area contributed by atoms with Gasteiger partial charge in [0.1, 0.15) is 23.4 Å². The van der Waals surface area contributed by atoms with Crippen molar-refractivity contribution in [2.24, 2.45) is 0 Å². The number of carbonyl (C=O) groups excluding carboxylic acids is 4. The molecule has 4 amide bonds. The molecule has 5 aromatic rings. The molecule has 0 aliphatic carbocycles. The Labute approximate surface area is 344 Å². The van der Waals surface area contributed by atoms with Crippen molar-refractivity contribution in [1.82, 2.24) is 40.9 Å². The number of aromatic amines is 1. The minimum atomic E-state index is -0.865. The molecule has 18 heteroatoms. The molecule has 3 aromatic carbocycles. The number of hydrogen-bond donors (Lipinski definition) is 3. The van der Waals surface area contributed by atoms with Gasteiger partial charge in [0.15, 0.2) is 5.76 Å². The van der Waals surface area contributed by atoms with Crippen LogP contribution in [0.25, 0.3) is 33.6 Å². The lowest BCUT2D eigenvalue weighted by Gasteiger charge is -2.32. The lowest BCUT2D eigenvalue weighted by atomic mass is 10.0. The lowest BCUT2D eigenvalue weighted by molar-refractivity contribution is -0.134. The number of piperidine rings is 2. The van der Waals surface area contributed by atoms with Crippen LogP contribution < -0.4 is 15.4 Å². The second-order valence-corrected chi connectivity index (χ2v) is 14.6. The molecule has 0 spiro atoms. The van der Waals surface area contributed by atoms with E-state index in [9.17, 15) is 19.2 Å². The standard InChI is InChI=1S/C42H45N9O9/c1-26-8-11-35(40(53)44-26)51-41(54)31-6-3-7-34(37(31)42(51)55)43-15-19-57-21-23-58-22-20-56-18-14-36(52)50-16-12-29(13-17-50)59-30-5-2-4-27(24-30)38-32-25-28(39-45-48-49-46-39)9-10-33(32)47-60-38/h2-7,9-10,24-25,29,35,43H,1,8,11-23H2,(H,44,53)(H,45,46,48,49). The highest BCUT2D eigenvalue weighted by Crippen LogP contribution is 2.35. The van der Waals surface area contributed by atoms with Crippen molar-refractivity contribution in [1.29, 1.82) is 0 Å². The average molecular weight is 820 g/mol. The van der Waals surface area contributed by atoms with Gasteiger partial charge in [-0.3, -0.25) is 24.1 Å². The fourth-order valence-electron chi connectivity index (χ4n) is 7.56. The number of hydrogen-bond acceptors (Lipinski definition) is 14. The molecule has 0 bridgehead atoms. The highest BCUT2D eigenvalue weighted by Gasteiger charge is 2.45. The zero-order chi connectivity index (χ0) is 41.4. The van der Waals surface area contributed by atoms with Gasteiger partial charge in [-0.25, -0.2) is 0 Å². The van der Waals surface area contributed by atoms with E-state index in [-0.39, 0.29) is 29.6 Å². The minimum absolute atomic E-state index is 0.0252. The quantitative estimate of drug-likeness (QED) is 0.0843. The molecule has 8 rings (SSSR count). The van der Waals surface area contributed by atoms with E-state index in [2.05, 4.69) is 43.0 Å². The summed E-state index contributed by atoms with van der Waals surface area (Å²) in [4.78, 5) is 54.6. The molecule has 0 saturated carbocycles. The van der Waals surface area contributed by atoms with Crippen LogP contribution in [0.15, 0.2) is 77.5 Å². The van der Waals surface area contributed by atoms with E-state index in [0.717, 1.165) is 21.4 Å². The van der Waals surface area contributed by atoms with Crippen LogP contribution in [-0.2, 0) is 23.8 Å². The zero-order valence-corrected chi connectivity index (χ0v) is 32.9. The number of carbonyl (C=O) groups is 4. The smallest absolute Gasteiger partial charge is 0.264 e. The average Bonchev–Trinajstić information content (AvgIpc) is 4.01. The van der Waals surface area contributed by atoms with E-state index in [1.807, 2.05) is 47.4 Å². The molecule has 3 N–H and O–H groups in total. The van der Waals surface area contributed by atoms with Gasteiger partial charge in [0, 0.05) is 55.0 Å². The molecule has 2 aromatic heterocycles. The number of ether oxygens (including phenoxy) is 4. The summed E-state index contributed by atoms with van der Waals surface area (Å²) in [6.07, 6.45) is 2.54. The summed E-state index contributed by atoms with van der Waals surface area (Å²) in [7, 11) is 0. The molecule has 1 atom stereocenters. The van der Waals surface area contributed by atoms with Gasteiger partial charge in [-0.05, 0) is 60.5 Å². The van der Waals surface area contributed by atoms with Crippen molar-refractivity contribution in [3.8, 4) is 28.5 Å². The first-order valence-electron chi connectivity index (χ1n) is 20.0. The van der Waals surface area contributed by atoms with Gasteiger partial charge in [0.05, 0.1) is 62.6 Å². The summed E-state index contributed by atoms with van der Waals surface area (Å²) >= 11 is 0. The van der Waals surface area contributed by atoms with Gasteiger partial charge >= 0.3 is 0 Å². The molecule has 3 aliphatic heterocycles. The number of amides is 4. The SMILES string of the molecule is C=C1CCC(N2C(=O)c3cccc(NCCOCCOCCOCCC(=O)N4CCC(Oc5cccc(-c6onc7ccc(-c8nn[nH]n8)cc67)c5)CC4)c3C2=O)C(=O)N1. The third-order valence-electron chi connectivity index (χ3n) is 10.6. The van der Waals surface area contributed by atoms with E-state index in [4.69, 9.17) is 23.5 Å². The first kappa shape index (κ1) is 40.3. The van der Waals surface area contributed by atoms with E-state index in [1.54, 1.807) is 18.2 Å². The maximum Gasteiger partial charge on any atom is 0.264 e. The number of allylic oxidation sites excluding steroid dienone is 1. The van der Waals surface area contributed by atoms with Gasteiger partial charge in [-0.1, -0.05) is 29.9 Å². The minimum Gasteiger partial charge on any atom is -0.490 e. The van der Waals surface area contributed by atoms with Crippen LogP contribution in [0, 0.1) is 0 Å². The predicted molar refractivity (Wildman–Crippen MR) is 216 cm³/mol. The van der Waals surface area contributed by atoms with Gasteiger partial charge in [-0.15, -0.1) is 10.2 Å². The van der Waals surface area contributed by atoms with Crippen molar-refractivity contribution in [2.45, 2.75) is 44.2 Å². The van der Waals surface area contributed by atoms with E-state index >= 15 is 0 Å². The number of nitrogens with one attached hydrogen (secondary N) is 3. The highest BCUT2D eigenvalue weighted by atomic mass is 16.5. The van der Waals surface area contributed by atoms with Crippen LogP contribution in [0.3, 0.4) is 0 Å². The summed E-state index contributed by atoms with van der Waals surface area (Å²) in [6, 6.07) is 17.5. The molecule has 60 heavy (non-hydrogen) atoms. The number of anilines is 1. The summed E-state index contributed by atoms with van der Waals surface area (Å²) < 4.78 is 29.0. The maximum atomic E-state index is 13.3. The summed E-state index contributed by atoms with van der Waals surface area (Å²) in [5.41, 5.74) is 3.96. The molecule has 1 unspecified atom stereocenters. The summed E-state index contributed by atoms with van der Waals surface area (Å²) in [6.45, 7) is 7.46. The molecule has 2 fully saturated rings. The molecule has 2 saturated heterocycles. The topological polar surface area (TPSA) is 216 Å². The summed E-state index contributed by atoms with van der Waals surface area (Å²) in [5, 5.41) is 25.1. The van der Waals surface area contributed by atoms with Crippen LogP contribution in [0.1, 0.15) is 52.8 Å². The first-order chi connectivity index (χ1) is 29.3. The number of fused-ring (bicyclic) bond motifs is 2. The Hall–Kier alpha value is -6.50. The zero-order valence-electron chi connectivity index (χ0n) is 32.9. The van der Waals surface area contributed by atoms with Gasteiger partial charge < -0.3 is 39.0 Å². The first-order valence-corrected chi connectivity index (χ1v) is 20.0. The second kappa shape index (κ2) is 18.6. The van der Waals surface area contributed by atoms with E-state index in [1.165, 1.54) is 0 Å². The van der Waals surface area contributed by atoms with Crippen LogP contribution in [-0.4, -0.2) is 131 Å². The summed E-state index contributed by atoms with van der Waals surface area (Å²) in [5.74, 6) is 0.495. The number of aromatic nitrogens is 5. The number of benzene rings is 3. The highest BCUT2D eigenvalue weighted by molar-refractivity contribution is 6.25. The molecule has 312 valence electrons. The molecule has 3 aliphatic rings.